The van der Waals surface area contributed by atoms with Crippen molar-refractivity contribution >= 4 is 11.0 Å². The highest BCUT2D eigenvalue weighted by Gasteiger charge is 2.20. The molecule has 3 N–H and O–H groups in total. The second kappa shape index (κ2) is 5.07. The van der Waals surface area contributed by atoms with E-state index in [9.17, 15) is 4.79 Å². The number of fused-ring (bicyclic) bond motifs is 1. The van der Waals surface area contributed by atoms with Crippen molar-refractivity contribution in [1.29, 1.82) is 5.26 Å². The van der Waals surface area contributed by atoms with Crippen LogP contribution in [0.5, 0.6) is 0 Å². The van der Waals surface area contributed by atoms with Crippen molar-refractivity contribution in [3.05, 3.63) is 34.2 Å². The highest BCUT2D eigenvalue weighted by atomic mass is 16.1. The van der Waals surface area contributed by atoms with Crippen LogP contribution in [0.4, 0.5) is 0 Å². The van der Waals surface area contributed by atoms with Crippen LogP contribution >= 0.6 is 0 Å². The van der Waals surface area contributed by atoms with Gasteiger partial charge in [0.1, 0.15) is 0 Å². The van der Waals surface area contributed by atoms with Gasteiger partial charge in [0.15, 0.2) is 0 Å². The zero-order valence-electron chi connectivity index (χ0n) is 10.4. The lowest BCUT2D eigenvalue weighted by Crippen LogP contribution is -2.23. The SMILES string of the molecule is CCC(C#N)C(NC)c1ccc2[nH]c(=O)[nH]c2c1. The summed E-state index contributed by atoms with van der Waals surface area (Å²) in [6, 6.07) is 7.99. The first kappa shape index (κ1) is 12.4. The summed E-state index contributed by atoms with van der Waals surface area (Å²) in [5.74, 6) is -0.0851. The fourth-order valence-electron chi connectivity index (χ4n) is 2.25. The standard InChI is InChI=1S/C13H16N4O/c1-3-8(7-14)12(15-2)9-4-5-10-11(6-9)17-13(18)16-10/h4-6,8,12,15H,3H2,1-2H3,(H2,16,17,18). The molecule has 1 heterocycles. The Morgan fingerprint density at radius 2 is 2.11 bits per heavy atom. The summed E-state index contributed by atoms with van der Waals surface area (Å²) in [4.78, 5) is 16.6. The van der Waals surface area contributed by atoms with Crippen LogP contribution in [0.2, 0.25) is 0 Å². The van der Waals surface area contributed by atoms with Crippen LogP contribution in [0, 0.1) is 17.2 Å². The van der Waals surface area contributed by atoms with E-state index in [1.807, 2.05) is 32.2 Å². The molecule has 2 atom stereocenters. The molecule has 18 heavy (non-hydrogen) atoms. The normalized spacial score (nSPS) is 14.3. The number of nitrogens with one attached hydrogen (secondary N) is 3. The average Bonchev–Trinajstić information content (AvgIpc) is 2.74. The summed E-state index contributed by atoms with van der Waals surface area (Å²) in [5, 5.41) is 12.3. The molecule has 0 aliphatic rings. The van der Waals surface area contributed by atoms with E-state index in [2.05, 4.69) is 21.4 Å². The van der Waals surface area contributed by atoms with Crippen LogP contribution < -0.4 is 11.0 Å². The highest BCUT2D eigenvalue weighted by molar-refractivity contribution is 5.75. The number of hydrogen-bond donors (Lipinski definition) is 3. The number of hydrogen-bond acceptors (Lipinski definition) is 3. The molecule has 1 aromatic heterocycles. The number of imidazole rings is 1. The number of aromatic nitrogens is 2. The van der Waals surface area contributed by atoms with Gasteiger partial charge in [0.2, 0.25) is 0 Å². The van der Waals surface area contributed by atoms with E-state index in [-0.39, 0.29) is 17.6 Å². The Balaban J connectivity index is 2.45. The largest absolute Gasteiger partial charge is 0.323 e. The molecule has 5 nitrogen and oxygen atoms in total. The minimum absolute atomic E-state index is 0.0252. The average molecular weight is 244 g/mol. The Morgan fingerprint density at radius 3 is 2.72 bits per heavy atom. The first-order valence-corrected chi connectivity index (χ1v) is 5.98. The van der Waals surface area contributed by atoms with Gasteiger partial charge in [0.05, 0.1) is 23.0 Å². The first-order chi connectivity index (χ1) is 8.69. The Morgan fingerprint density at radius 1 is 1.39 bits per heavy atom. The van der Waals surface area contributed by atoms with Gasteiger partial charge in [0, 0.05) is 6.04 Å². The Bertz CT molecular complexity index is 634. The van der Waals surface area contributed by atoms with Gasteiger partial charge < -0.3 is 15.3 Å². The third-order valence-electron chi connectivity index (χ3n) is 3.22. The number of nitriles is 1. The summed E-state index contributed by atoms with van der Waals surface area (Å²) < 4.78 is 0. The zero-order chi connectivity index (χ0) is 13.1. The van der Waals surface area contributed by atoms with Gasteiger partial charge in [-0.2, -0.15) is 5.26 Å². The lowest BCUT2D eigenvalue weighted by molar-refractivity contribution is 0.449. The summed E-state index contributed by atoms with van der Waals surface area (Å²) in [7, 11) is 1.84. The minimum atomic E-state index is -0.213. The van der Waals surface area contributed by atoms with Gasteiger partial charge in [-0.05, 0) is 31.2 Å². The van der Waals surface area contributed by atoms with Crippen molar-refractivity contribution in [3.63, 3.8) is 0 Å². The molecule has 0 saturated heterocycles. The molecule has 0 bridgehead atoms. The van der Waals surface area contributed by atoms with Gasteiger partial charge in [-0.1, -0.05) is 13.0 Å². The van der Waals surface area contributed by atoms with E-state index in [0.717, 1.165) is 23.0 Å². The summed E-state index contributed by atoms with van der Waals surface area (Å²) >= 11 is 0. The van der Waals surface area contributed by atoms with E-state index in [1.165, 1.54) is 0 Å². The van der Waals surface area contributed by atoms with Crippen molar-refractivity contribution in [1.82, 2.24) is 15.3 Å². The maximum absolute atomic E-state index is 11.2. The van der Waals surface area contributed by atoms with E-state index in [4.69, 9.17) is 5.26 Å². The fraction of sp³-hybridized carbons (Fsp3) is 0.385. The molecule has 5 heteroatoms. The third-order valence-corrected chi connectivity index (χ3v) is 3.22. The molecule has 0 fully saturated rings. The molecule has 2 aromatic rings. The molecule has 1 aromatic carbocycles. The minimum Gasteiger partial charge on any atom is -0.312 e. The Labute approximate surface area is 105 Å². The quantitative estimate of drug-likeness (QED) is 0.764. The van der Waals surface area contributed by atoms with E-state index in [1.54, 1.807) is 0 Å². The zero-order valence-corrected chi connectivity index (χ0v) is 10.4. The molecule has 2 unspecified atom stereocenters. The van der Waals surface area contributed by atoms with Gasteiger partial charge in [-0.25, -0.2) is 4.79 Å². The van der Waals surface area contributed by atoms with Crippen molar-refractivity contribution in [2.24, 2.45) is 5.92 Å². The maximum atomic E-state index is 11.2. The summed E-state index contributed by atoms with van der Waals surface area (Å²) in [5.41, 5.74) is 2.35. The monoisotopic (exact) mass is 244 g/mol. The smallest absolute Gasteiger partial charge is 0.312 e. The molecule has 0 aliphatic heterocycles. The van der Waals surface area contributed by atoms with Crippen LogP contribution in [0.1, 0.15) is 24.9 Å². The van der Waals surface area contributed by atoms with E-state index in [0.29, 0.717) is 0 Å². The van der Waals surface area contributed by atoms with Gasteiger partial charge in [0.25, 0.3) is 0 Å². The first-order valence-electron chi connectivity index (χ1n) is 5.98. The number of nitrogens with zero attached hydrogens (tertiary/aromatic N) is 1. The molecular weight excluding hydrogens is 228 g/mol. The summed E-state index contributed by atoms with van der Waals surface area (Å²) in [6.07, 6.45) is 0.781. The Kier molecular flexibility index (Phi) is 3.49. The number of aromatic amines is 2. The van der Waals surface area contributed by atoms with Crippen molar-refractivity contribution < 1.29 is 0 Å². The molecule has 0 spiro atoms. The van der Waals surface area contributed by atoms with Crippen LogP contribution in [0.25, 0.3) is 11.0 Å². The topological polar surface area (TPSA) is 84.5 Å². The number of benzene rings is 1. The van der Waals surface area contributed by atoms with Crippen LogP contribution in [0.3, 0.4) is 0 Å². The van der Waals surface area contributed by atoms with Crippen LogP contribution in [-0.2, 0) is 0 Å². The lowest BCUT2D eigenvalue weighted by atomic mass is 9.92. The van der Waals surface area contributed by atoms with Gasteiger partial charge in [-0.3, -0.25) is 0 Å². The van der Waals surface area contributed by atoms with Crippen molar-refractivity contribution in [2.75, 3.05) is 7.05 Å². The molecule has 0 aliphatic carbocycles. The van der Waals surface area contributed by atoms with Crippen LogP contribution in [0.15, 0.2) is 23.0 Å². The van der Waals surface area contributed by atoms with E-state index < -0.39 is 0 Å². The second-order valence-corrected chi connectivity index (χ2v) is 4.29. The molecule has 0 amide bonds. The molecular formula is C13H16N4O. The predicted molar refractivity (Wildman–Crippen MR) is 70.1 cm³/mol. The number of H-pyrrole nitrogens is 2. The fourth-order valence-corrected chi connectivity index (χ4v) is 2.25. The lowest BCUT2D eigenvalue weighted by Gasteiger charge is -2.20. The highest BCUT2D eigenvalue weighted by Crippen LogP contribution is 2.25. The number of rotatable bonds is 4. The maximum Gasteiger partial charge on any atom is 0.323 e. The van der Waals surface area contributed by atoms with E-state index >= 15 is 0 Å². The molecule has 2 rings (SSSR count). The predicted octanol–water partition coefficient (Wildman–Crippen LogP) is 1.67. The Hall–Kier alpha value is -2.06. The van der Waals surface area contributed by atoms with Gasteiger partial charge in [-0.15, -0.1) is 0 Å². The molecule has 94 valence electrons. The molecule has 0 saturated carbocycles. The van der Waals surface area contributed by atoms with Gasteiger partial charge >= 0.3 is 5.69 Å². The molecule has 0 radical (unpaired) electrons. The van der Waals surface area contributed by atoms with Crippen molar-refractivity contribution in [2.45, 2.75) is 19.4 Å². The summed E-state index contributed by atoms with van der Waals surface area (Å²) in [6.45, 7) is 1.99. The van der Waals surface area contributed by atoms with Crippen molar-refractivity contribution in [3.8, 4) is 6.07 Å². The second-order valence-electron chi connectivity index (χ2n) is 4.29. The third kappa shape index (κ3) is 2.15. The van der Waals surface area contributed by atoms with Crippen LogP contribution in [-0.4, -0.2) is 17.0 Å².